The molecule has 0 unspecified atom stereocenters. The molecule has 2 nitrogen and oxygen atoms in total. The maximum Gasteiger partial charge on any atom is 0.119 e. The lowest BCUT2D eigenvalue weighted by molar-refractivity contribution is 0.265. The highest BCUT2D eigenvalue weighted by Crippen LogP contribution is 2.43. The summed E-state index contributed by atoms with van der Waals surface area (Å²) in [4.78, 5) is 2.62. The van der Waals surface area contributed by atoms with E-state index in [2.05, 4.69) is 30.0 Å². The maximum atomic E-state index is 5.33. The zero-order chi connectivity index (χ0) is 11.1. The summed E-state index contributed by atoms with van der Waals surface area (Å²) in [6, 6.07) is 7.35. The van der Waals surface area contributed by atoms with Gasteiger partial charge >= 0.3 is 0 Å². The van der Waals surface area contributed by atoms with Crippen LogP contribution in [0.2, 0.25) is 0 Å². The predicted octanol–water partition coefficient (Wildman–Crippen LogP) is 2.43. The van der Waals surface area contributed by atoms with E-state index < -0.39 is 0 Å². The first-order valence-electron chi connectivity index (χ1n) is 6.24. The fourth-order valence-corrected chi connectivity index (χ4v) is 3.40. The highest BCUT2D eigenvalue weighted by Gasteiger charge is 2.40. The molecule has 1 saturated heterocycles. The molecule has 0 radical (unpaired) electrons. The number of rotatable bonds is 2. The van der Waals surface area contributed by atoms with Gasteiger partial charge in [0.05, 0.1) is 7.11 Å². The molecule has 86 valence electrons. The van der Waals surface area contributed by atoms with Crippen LogP contribution in [0.1, 0.15) is 30.4 Å². The van der Waals surface area contributed by atoms with Crippen LogP contribution in [-0.4, -0.2) is 31.1 Å². The number of hydrogen-bond donors (Lipinski definition) is 0. The van der Waals surface area contributed by atoms with Gasteiger partial charge in [0.2, 0.25) is 0 Å². The van der Waals surface area contributed by atoms with Crippen LogP contribution in [0.4, 0.5) is 0 Å². The third kappa shape index (κ3) is 1.36. The number of methoxy groups -OCH3 is 1. The van der Waals surface area contributed by atoms with Crippen LogP contribution in [0.15, 0.2) is 18.2 Å². The molecule has 1 heterocycles. The number of nitrogens with zero attached hydrogens (tertiary/aromatic N) is 1. The van der Waals surface area contributed by atoms with Gasteiger partial charge in [-0.05, 0) is 49.2 Å². The molecule has 0 amide bonds. The summed E-state index contributed by atoms with van der Waals surface area (Å²) >= 11 is 0. The third-order valence-corrected chi connectivity index (χ3v) is 4.25. The van der Waals surface area contributed by atoms with Crippen molar-refractivity contribution < 1.29 is 4.74 Å². The van der Waals surface area contributed by atoms with Crippen molar-refractivity contribution in [1.29, 1.82) is 0 Å². The Morgan fingerprint density at radius 2 is 2.31 bits per heavy atom. The van der Waals surface area contributed by atoms with Gasteiger partial charge in [-0.15, -0.1) is 0 Å². The summed E-state index contributed by atoms with van der Waals surface area (Å²) in [5.41, 5.74) is 3.08. The largest absolute Gasteiger partial charge is 0.497 e. The number of likely N-dealkylation sites (tertiary alicyclic amines) is 1. The number of likely N-dealkylation sites (N-methyl/N-ethyl adjacent to an activating group) is 1. The minimum atomic E-state index is 0.755. The van der Waals surface area contributed by atoms with Gasteiger partial charge in [-0.2, -0.15) is 0 Å². The molecule has 1 fully saturated rings. The van der Waals surface area contributed by atoms with Crippen molar-refractivity contribution in [3.63, 3.8) is 0 Å². The molecule has 1 aromatic carbocycles. The van der Waals surface area contributed by atoms with Crippen molar-refractivity contribution in [2.45, 2.75) is 31.7 Å². The summed E-state index contributed by atoms with van der Waals surface area (Å²) in [6.45, 7) is 4.72. The minimum absolute atomic E-state index is 0.755. The lowest BCUT2D eigenvalue weighted by atomic mass is 9.98. The van der Waals surface area contributed by atoms with Gasteiger partial charge in [-0.3, -0.25) is 4.90 Å². The van der Waals surface area contributed by atoms with Crippen molar-refractivity contribution >= 4 is 0 Å². The normalized spacial score (nSPS) is 27.9. The standard InChI is InChI=1S/C14H19NO/c1-3-15-7-6-12-13-9-11(16-2)5-4-10(13)8-14(12)15/h4-5,9,12,14H,3,6-8H2,1-2H3/t12-,14+/m1/s1. The van der Waals surface area contributed by atoms with Crippen molar-refractivity contribution in [3.8, 4) is 5.75 Å². The highest BCUT2D eigenvalue weighted by molar-refractivity contribution is 5.44. The zero-order valence-electron chi connectivity index (χ0n) is 10.1. The van der Waals surface area contributed by atoms with Gasteiger partial charge in [-0.1, -0.05) is 13.0 Å². The molecule has 3 rings (SSSR count). The summed E-state index contributed by atoms with van der Waals surface area (Å²) in [5, 5.41) is 0. The second kappa shape index (κ2) is 3.77. The molecule has 1 aliphatic heterocycles. The van der Waals surface area contributed by atoms with E-state index in [9.17, 15) is 0 Å². The summed E-state index contributed by atoms with van der Waals surface area (Å²) in [7, 11) is 1.75. The van der Waals surface area contributed by atoms with Crippen molar-refractivity contribution in [2.75, 3.05) is 20.2 Å². The van der Waals surface area contributed by atoms with E-state index in [-0.39, 0.29) is 0 Å². The van der Waals surface area contributed by atoms with Crippen LogP contribution in [0.3, 0.4) is 0 Å². The Kier molecular flexibility index (Phi) is 2.40. The van der Waals surface area contributed by atoms with Crippen molar-refractivity contribution in [1.82, 2.24) is 4.90 Å². The van der Waals surface area contributed by atoms with E-state index >= 15 is 0 Å². The van der Waals surface area contributed by atoms with Gasteiger partial charge in [0.15, 0.2) is 0 Å². The molecule has 1 aromatic rings. The first-order chi connectivity index (χ1) is 7.83. The van der Waals surface area contributed by atoms with Crippen LogP contribution in [0.25, 0.3) is 0 Å². The Morgan fingerprint density at radius 1 is 1.44 bits per heavy atom. The van der Waals surface area contributed by atoms with E-state index in [0.717, 1.165) is 17.7 Å². The van der Waals surface area contributed by atoms with E-state index in [0.29, 0.717) is 0 Å². The first kappa shape index (κ1) is 10.2. The Bertz CT molecular complexity index is 402. The second-order valence-electron chi connectivity index (χ2n) is 4.86. The number of fused-ring (bicyclic) bond motifs is 3. The van der Waals surface area contributed by atoms with Gasteiger partial charge in [0, 0.05) is 12.0 Å². The first-order valence-corrected chi connectivity index (χ1v) is 6.24. The quantitative estimate of drug-likeness (QED) is 0.754. The molecule has 16 heavy (non-hydrogen) atoms. The van der Waals surface area contributed by atoms with E-state index in [1.165, 1.54) is 31.5 Å². The van der Waals surface area contributed by atoms with Crippen LogP contribution >= 0.6 is 0 Å². The van der Waals surface area contributed by atoms with Gasteiger partial charge in [0.1, 0.15) is 5.75 Å². The number of hydrogen-bond acceptors (Lipinski definition) is 2. The van der Waals surface area contributed by atoms with Gasteiger partial charge < -0.3 is 4.74 Å². The average Bonchev–Trinajstić information content (AvgIpc) is 2.86. The van der Waals surface area contributed by atoms with E-state index in [1.54, 1.807) is 12.7 Å². The SMILES string of the molecule is CCN1CC[C@@H]2c3cc(OC)ccc3C[C@@H]21. The lowest BCUT2D eigenvalue weighted by Crippen LogP contribution is -2.30. The van der Waals surface area contributed by atoms with Crippen molar-refractivity contribution in [3.05, 3.63) is 29.3 Å². The van der Waals surface area contributed by atoms with Gasteiger partial charge in [0.25, 0.3) is 0 Å². The summed E-state index contributed by atoms with van der Waals surface area (Å²) < 4.78 is 5.33. The van der Waals surface area contributed by atoms with E-state index in [1.807, 2.05) is 0 Å². The molecule has 0 spiro atoms. The molecule has 2 heteroatoms. The predicted molar refractivity (Wildman–Crippen MR) is 65.1 cm³/mol. The van der Waals surface area contributed by atoms with Crippen LogP contribution in [0.5, 0.6) is 5.75 Å². The topological polar surface area (TPSA) is 12.5 Å². The Balaban J connectivity index is 1.95. The highest BCUT2D eigenvalue weighted by atomic mass is 16.5. The third-order valence-electron chi connectivity index (χ3n) is 4.25. The monoisotopic (exact) mass is 217 g/mol. The molecule has 1 aliphatic carbocycles. The number of ether oxygens (including phenoxy) is 1. The fraction of sp³-hybridized carbons (Fsp3) is 0.571. The summed E-state index contributed by atoms with van der Waals surface area (Å²) in [5.74, 6) is 1.76. The Morgan fingerprint density at radius 3 is 3.06 bits per heavy atom. The van der Waals surface area contributed by atoms with Crippen LogP contribution in [-0.2, 0) is 6.42 Å². The molecule has 0 bridgehead atoms. The fourth-order valence-electron chi connectivity index (χ4n) is 3.40. The number of benzene rings is 1. The Hall–Kier alpha value is -1.02. The molecule has 2 aliphatic rings. The minimum Gasteiger partial charge on any atom is -0.497 e. The lowest BCUT2D eigenvalue weighted by Gasteiger charge is -2.21. The summed E-state index contributed by atoms with van der Waals surface area (Å²) in [6.07, 6.45) is 2.55. The smallest absolute Gasteiger partial charge is 0.119 e. The van der Waals surface area contributed by atoms with Crippen LogP contribution in [0, 0.1) is 0 Å². The van der Waals surface area contributed by atoms with Crippen molar-refractivity contribution in [2.24, 2.45) is 0 Å². The maximum absolute atomic E-state index is 5.33. The molecule has 0 N–H and O–H groups in total. The molecular weight excluding hydrogens is 198 g/mol. The second-order valence-corrected chi connectivity index (χ2v) is 4.86. The molecule has 0 aromatic heterocycles. The van der Waals surface area contributed by atoms with Gasteiger partial charge in [-0.25, -0.2) is 0 Å². The molecule has 2 atom stereocenters. The average molecular weight is 217 g/mol. The molecule has 0 saturated carbocycles. The van der Waals surface area contributed by atoms with E-state index in [4.69, 9.17) is 4.74 Å². The molecular formula is C14H19NO. The Labute approximate surface area is 97.2 Å². The zero-order valence-corrected chi connectivity index (χ0v) is 10.1. The van der Waals surface area contributed by atoms with Crippen LogP contribution < -0.4 is 4.74 Å².